The predicted molar refractivity (Wildman–Crippen MR) is 91.2 cm³/mol. The molecule has 0 unspecified atom stereocenters. The number of nitrogens with zero attached hydrogens (tertiary/aromatic N) is 2. The summed E-state index contributed by atoms with van der Waals surface area (Å²) in [6.07, 6.45) is 3.40. The van der Waals surface area contributed by atoms with Gasteiger partial charge in [-0.2, -0.15) is 0 Å². The van der Waals surface area contributed by atoms with Crippen molar-refractivity contribution in [1.82, 2.24) is 15.3 Å². The summed E-state index contributed by atoms with van der Waals surface area (Å²) >= 11 is 5.83. The van der Waals surface area contributed by atoms with E-state index in [1.165, 1.54) is 0 Å². The van der Waals surface area contributed by atoms with Gasteiger partial charge in [-0.15, -0.1) is 0 Å². The van der Waals surface area contributed by atoms with Crippen molar-refractivity contribution in [2.75, 3.05) is 0 Å². The summed E-state index contributed by atoms with van der Waals surface area (Å²) in [5, 5.41) is 3.19. The first-order chi connectivity index (χ1) is 11.7. The number of carbonyl (C=O) groups excluding carboxylic acids is 1. The molecule has 1 aromatic carbocycles. The Morgan fingerprint density at radius 3 is 2.79 bits per heavy atom. The van der Waals surface area contributed by atoms with Crippen molar-refractivity contribution >= 4 is 17.5 Å². The van der Waals surface area contributed by atoms with Gasteiger partial charge in [0.2, 0.25) is 5.88 Å². The molecule has 2 aromatic heterocycles. The van der Waals surface area contributed by atoms with E-state index in [0.717, 1.165) is 5.56 Å². The first kappa shape index (κ1) is 16.0. The Labute approximate surface area is 144 Å². The van der Waals surface area contributed by atoms with E-state index in [9.17, 15) is 4.79 Å². The highest BCUT2D eigenvalue weighted by Gasteiger charge is 2.08. The molecule has 1 amide bonds. The van der Waals surface area contributed by atoms with Gasteiger partial charge in [0.25, 0.3) is 5.91 Å². The highest BCUT2D eigenvalue weighted by atomic mass is 35.5. The van der Waals surface area contributed by atoms with Crippen LogP contribution in [0, 0.1) is 0 Å². The van der Waals surface area contributed by atoms with Crippen LogP contribution in [0.1, 0.15) is 15.9 Å². The first-order valence-corrected chi connectivity index (χ1v) is 7.66. The monoisotopic (exact) mass is 339 g/mol. The van der Waals surface area contributed by atoms with Crippen LogP contribution in [0.15, 0.2) is 67.0 Å². The summed E-state index contributed by atoms with van der Waals surface area (Å²) in [6.45, 7) is 0.410. The Morgan fingerprint density at radius 2 is 2.00 bits per heavy atom. The lowest BCUT2D eigenvalue weighted by molar-refractivity contribution is 0.0950. The van der Waals surface area contributed by atoms with Crippen LogP contribution < -0.4 is 10.1 Å². The molecule has 0 fully saturated rings. The Kier molecular flexibility index (Phi) is 5.03. The molecular weight excluding hydrogens is 326 g/mol. The standard InChI is InChI=1S/C18H14ClN3O2/c19-16-7-2-8-17(22-16)24-15-6-1-5-14(10-15)18(23)21-12-13-4-3-9-20-11-13/h1-11H,12H2,(H,21,23). The summed E-state index contributed by atoms with van der Waals surface area (Å²) in [4.78, 5) is 20.3. The van der Waals surface area contributed by atoms with E-state index < -0.39 is 0 Å². The zero-order valence-corrected chi connectivity index (χ0v) is 13.4. The Bertz CT molecular complexity index is 840. The van der Waals surface area contributed by atoms with Gasteiger partial charge < -0.3 is 10.1 Å². The molecule has 24 heavy (non-hydrogen) atoms. The minimum absolute atomic E-state index is 0.191. The number of hydrogen-bond donors (Lipinski definition) is 1. The number of carbonyl (C=O) groups is 1. The molecule has 120 valence electrons. The smallest absolute Gasteiger partial charge is 0.251 e. The predicted octanol–water partition coefficient (Wildman–Crippen LogP) is 3.85. The quantitative estimate of drug-likeness (QED) is 0.717. The van der Waals surface area contributed by atoms with Crippen LogP contribution in [-0.4, -0.2) is 15.9 Å². The maximum atomic E-state index is 12.3. The summed E-state index contributed by atoms with van der Waals surface area (Å²) in [6, 6.07) is 15.7. The summed E-state index contributed by atoms with van der Waals surface area (Å²) < 4.78 is 5.63. The average Bonchev–Trinajstić information content (AvgIpc) is 2.61. The zero-order chi connectivity index (χ0) is 16.8. The molecule has 5 nitrogen and oxygen atoms in total. The second-order valence-electron chi connectivity index (χ2n) is 4.97. The third-order valence-corrected chi connectivity index (χ3v) is 3.39. The van der Waals surface area contributed by atoms with Gasteiger partial charge in [-0.25, -0.2) is 4.98 Å². The number of pyridine rings is 2. The molecule has 6 heteroatoms. The lowest BCUT2D eigenvalue weighted by Gasteiger charge is -2.08. The van der Waals surface area contributed by atoms with E-state index >= 15 is 0 Å². The average molecular weight is 340 g/mol. The first-order valence-electron chi connectivity index (χ1n) is 7.28. The molecule has 0 spiro atoms. The van der Waals surface area contributed by atoms with Crippen molar-refractivity contribution in [3.05, 3.63) is 83.3 Å². The van der Waals surface area contributed by atoms with Crippen molar-refractivity contribution < 1.29 is 9.53 Å². The molecule has 0 aliphatic rings. The number of nitrogens with one attached hydrogen (secondary N) is 1. The lowest BCUT2D eigenvalue weighted by atomic mass is 10.2. The number of aromatic nitrogens is 2. The van der Waals surface area contributed by atoms with Gasteiger partial charge in [0.05, 0.1) is 0 Å². The number of ether oxygens (including phenoxy) is 1. The van der Waals surface area contributed by atoms with Crippen LogP contribution in [0.2, 0.25) is 5.15 Å². The van der Waals surface area contributed by atoms with Crippen LogP contribution in [0.4, 0.5) is 0 Å². The third-order valence-electron chi connectivity index (χ3n) is 3.18. The molecule has 3 aromatic rings. The van der Waals surface area contributed by atoms with Gasteiger partial charge in [0.15, 0.2) is 0 Å². The third kappa shape index (κ3) is 4.30. The van der Waals surface area contributed by atoms with Crippen molar-refractivity contribution in [2.24, 2.45) is 0 Å². The fourth-order valence-corrected chi connectivity index (χ4v) is 2.21. The highest BCUT2D eigenvalue weighted by molar-refractivity contribution is 6.29. The molecule has 0 atom stereocenters. The Hall–Kier alpha value is -2.92. The molecule has 0 aliphatic carbocycles. The molecular formula is C18H14ClN3O2. The van der Waals surface area contributed by atoms with E-state index in [1.807, 2.05) is 12.1 Å². The highest BCUT2D eigenvalue weighted by Crippen LogP contribution is 2.21. The number of hydrogen-bond acceptors (Lipinski definition) is 4. The van der Waals surface area contributed by atoms with E-state index in [2.05, 4.69) is 15.3 Å². The molecule has 0 radical (unpaired) electrons. The van der Waals surface area contributed by atoms with Crippen LogP contribution in [0.3, 0.4) is 0 Å². The van der Waals surface area contributed by atoms with Crippen molar-refractivity contribution in [3.63, 3.8) is 0 Å². The molecule has 0 saturated heterocycles. The van der Waals surface area contributed by atoms with Crippen LogP contribution >= 0.6 is 11.6 Å². The van der Waals surface area contributed by atoms with Crippen LogP contribution in [-0.2, 0) is 6.54 Å². The molecule has 0 saturated carbocycles. The van der Waals surface area contributed by atoms with Gasteiger partial charge in [-0.3, -0.25) is 9.78 Å². The van der Waals surface area contributed by atoms with Gasteiger partial charge in [0, 0.05) is 30.6 Å². The second kappa shape index (κ2) is 7.57. The molecule has 0 bridgehead atoms. The topological polar surface area (TPSA) is 64.1 Å². The van der Waals surface area contributed by atoms with Gasteiger partial charge in [-0.05, 0) is 35.9 Å². The Balaban J connectivity index is 1.67. The van der Waals surface area contributed by atoms with E-state index in [-0.39, 0.29) is 5.91 Å². The minimum Gasteiger partial charge on any atom is -0.439 e. The fraction of sp³-hybridized carbons (Fsp3) is 0.0556. The zero-order valence-electron chi connectivity index (χ0n) is 12.6. The normalized spacial score (nSPS) is 10.2. The number of amides is 1. The van der Waals surface area contributed by atoms with Crippen LogP contribution in [0.5, 0.6) is 11.6 Å². The maximum absolute atomic E-state index is 12.3. The molecule has 0 aliphatic heterocycles. The van der Waals surface area contributed by atoms with Crippen molar-refractivity contribution in [3.8, 4) is 11.6 Å². The van der Waals surface area contributed by atoms with Gasteiger partial charge in [0.1, 0.15) is 10.9 Å². The molecule has 3 rings (SSSR count). The lowest BCUT2D eigenvalue weighted by Crippen LogP contribution is -2.22. The molecule has 1 N–H and O–H groups in total. The van der Waals surface area contributed by atoms with Crippen LogP contribution in [0.25, 0.3) is 0 Å². The maximum Gasteiger partial charge on any atom is 0.251 e. The van der Waals surface area contributed by atoms with Crippen molar-refractivity contribution in [2.45, 2.75) is 6.54 Å². The fourth-order valence-electron chi connectivity index (χ4n) is 2.06. The molecule has 2 heterocycles. The Morgan fingerprint density at radius 1 is 1.12 bits per heavy atom. The van der Waals surface area contributed by atoms with E-state index in [1.54, 1.807) is 54.9 Å². The number of halogens is 1. The number of benzene rings is 1. The summed E-state index contributed by atoms with van der Waals surface area (Å²) in [5.74, 6) is 0.692. The van der Waals surface area contributed by atoms with Crippen molar-refractivity contribution in [1.29, 1.82) is 0 Å². The second-order valence-corrected chi connectivity index (χ2v) is 5.36. The van der Waals surface area contributed by atoms with E-state index in [0.29, 0.717) is 28.9 Å². The SMILES string of the molecule is O=C(NCc1cccnc1)c1cccc(Oc2cccc(Cl)n2)c1. The summed E-state index contributed by atoms with van der Waals surface area (Å²) in [5.41, 5.74) is 1.43. The summed E-state index contributed by atoms with van der Waals surface area (Å²) in [7, 11) is 0. The largest absolute Gasteiger partial charge is 0.439 e. The van der Waals surface area contributed by atoms with Gasteiger partial charge >= 0.3 is 0 Å². The van der Waals surface area contributed by atoms with E-state index in [4.69, 9.17) is 16.3 Å². The minimum atomic E-state index is -0.191. The number of rotatable bonds is 5. The van der Waals surface area contributed by atoms with Gasteiger partial charge in [-0.1, -0.05) is 29.8 Å².